The molecule has 44 heavy (non-hydrogen) atoms. The number of pyridine rings is 1. The van der Waals surface area contributed by atoms with Crippen LogP contribution in [0.15, 0.2) is 35.5 Å². The Labute approximate surface area is 249 Å². The second kappa shape index (κ2) is 11.8. The second-order valence-corrected chi connectivity index (χ2v) is 11.3. The number of ether oxygens (including phenoxy) is 1. The Morgan fingerprint density at radius 2 is 1.66 bits per heavy atom. The predicted molar refractivity (Wildman–Crippen MR) is 153 cm³/mol. The van der Waals surface area contributed by atoms with Crippen molar-refractivity contribution in [2.45, 2.75) is 45.1 Å². The van der Waals surface area contributed by atoms with E-state index in [2.05, 4.69) is 14.9 Å². The van der Waals surface area contributed by atoms with E-state index in [-0.39, 0.29) is 35.5 Å². The number of hydrogen-bond donors (Lipinski definition) is 1. The number of halogens is 5. The van der Waals surface area contributed by atoms with Crippen molar-refractivity contribution in [2.75, 3.05) is 49.6 Å². The average molecular weight is 622 g/mol. The van der Waals surface area contributed by atoms with E-state index in [1.165, 1.54) is 12.4 Å². The van der Waals surface area contributed by atoms with Crippen LogP contribution in [-0.4, -0.2) is 83.4 Å². The predicted octanol–water partition coefficient (Wildman–Crippen LogP) is 3.44. The minimum atomic E-state index is -5.09. The molecule has 15 heteroatoms. The number of aromatic nitrogens is 3. The zero-order chi connectivity index (χ0) is 32.1. The second-order valence-electron chi connectivity index (χ2n) is 11.3. The van der Waals surface area contributed by atoms with Gasteiger partial charge in [-0.2, -0.15) is 13.2 Å². The van der Waals surface area contributed by atoms with Gasteiger partial charge in [0.2, 0.25) is 5.95 Å². The fourth-order valence-electron chi connectivity index (χ4n) is 5.68. The van der Waals surface area contributed by atoms with Crippen molar-refractivity contribution < 1.29 is 31.5 Å². The van der Waals surface area contributed by atoms with Crippen LogP contribution in [0.1, 0.15) is 36.7 Å². The standard InChI is InChI=1S/C29H32F5N7O3/c1-15-11-40(12-16(2)38(15)4)22-8-21(30)24(18-9-36-28(37-10-18)39-5-6-44-17(3)13-39)25(31)26(22)41-14-19(27(35)43)20(7-23(41)42)29(32,33)34/h7-10,14-17H,5-6,11-13H2,1-4H3,(H2,35,43)/t15-,16+,17-/m1/s1. The molecule has 10 nitrogen and oxygen atoms in total. The third-order valence-corrected chi connectivity index (χ3v) is 8.19. The van der Waals surface area contributed by atoms with E-state index in [1.807, 2.05) is 32.7 Å². The Bertz CT molecular complexity index is 1620. The first kappa shape index (κ1) is 31.3. The molecule has 3 atom stereocenters. The molecule has 5 rings (SSSR count). The fourth-order valence-corrected chi connectivity index (χ4v) is 5.68. The summed E-state index contributed by atoms with van der Waals surface area (Å²) < 4.78 is 79.8. The number of morpholine rings is 1. The lowest BCUT2D eigenvalue weighted by molar-refractivity contribution is -0.138. The lowest BCUT2D eigenvalue weighted by Crippen LogP contribution is -2.55. The first-order valence-electron chi connectivity index (χ1n) is 14.0. The molecule has 0 unspecified atom stereocenters. The van der Waals surface area contributed by atoms with Gasteiger partial charge in [-0.05, 0) is 27.8 Å². The number of likely N-dealkylation sites (N-methyl/N-ethyl adjacent to an activating group) is 1. The molecule has 2 aromatic heterocycles. The third kappa shape index (κ3) is 5.85. The zero-order valence-electron chi connectivity index (χ0n) is 24.5. The Balaban J connectivity index is 1.71. The summed E-state index contributed by atoms with van der Waals surface area (Å²) in [6.07, 6.45) is -2.13. The van der Waals surface area contributed by atoms with Gasteiger partial charge in [0.15, 0.2) is 5.82 Å². The SMILES string of the molecule is C[C@@H]1CN(c2ncc(-c3c(F)cc(N4C[C@@H](C)N(C)[C@@H](C)C4)c(-n4cc(C(N)=O)c(C(F)(F)F)cc4=O)c3F)cn2)CCO1. The van der Waals surface area contributed by atoms with E-state index in [9.17, 15) is 22.8 Å². The molecule has 0 aliphatic carbocycles. The summed E-state index contributed by atoms with van der Waals surface area (Å²) in [4.78, 5) is 39.5. The van der Waals surface area contributed by atoms with Crippen LogP contribution in [-0.2, 0) is 10.9 Å². The molecule has 0 radical (unpaired) electrons. The van der Waals surface area contributed by atoms with E-state index in [4.69, 9.17) is 10.5 Å². The molecule has 0 spiro atoms. The van der Waals surface area contributed by atoms with E-state index in [0.717, 1.165) is 6.07 Å². The fraction of sp³-hybridized carbons (Fsp3) is 0.448. The zero-order valence-corrected chi connectivity index (χ0v) is 24.5. The first-order chi connectivity index (χ1) is 20.7. The highest BCUT2D eigenvalue weighted by molar-refractivity contribution is 5.94. The molecule has 1 amide bonds. The van der Waals surface area contributed by atoms with Gasteiger partial charge in [-0.15, -0.1) is 0 Å². The summed E-state index contributed by atoms with van der Waals surface area (Å²) in [6.45, 7) is 7.79. The number of carbonyl (C=O) groups is 1. The molecular weight excluding hydrogens is 589 g/mol. The van der Waals surface area contributed by atoms with Crippen LogP contribution in [0.2, 0.25) is 0 Å². The summed E-state index contributed by atoms with van der Waals surface area (Å²) in [5, 5.41) is 0. The van der Waals surface area contributed by atoms with Crippen molar-refractivity contribution in [3.05, 3.63) is 63.8 Å². The highest BCUT2D eigenvalue weighted by Crippen LogP contribution is 2.38. The number of nitrogens with two attached hydrogens (primary N) is 1. The van der Waals surface area contributed by atoms with Gasteiger partial charge in [-0.25, -0.2) is 18.7 Å². The summed E-state index contributed by atoms with van der Waals surface area (Å²) in [5.74, 6) is -3.38. The lowest BCUT2D eigenvalue weighted by Gasteiger charge is -2.44. The summed E-state index contributed by atoms with van der Waals surface area (Å²) >= 11 is 0. The minimum absolute atomic E-state index is 0.0620. The van der Waals surface area contributed by atoms with Crippen molar-refractivity contribution in [2.24, 2.45) is 5.73 Å². The van der Waals surface area contributed by atoms with E-state index >= 15 is 8.78 Å². The van der Waals surface area contributed by atoms with Gasteiger partial charge in [-0.1, -0.05) is 0 Å². The van der Waals surface area contributed by atoms with E-state index in [1.54, 1.807) is 4.90 Å². The maximum Gasteiger partial charge on any atom is 0.417 e. The molecule has 3 aromatic rings. The van der Waals surface area contributed by atoms with Crippen molar-refractivity contribution >= 4 is 17.5 Å². The summed E-state index contributed by atoms with van der Waals surface area (Å²) in [6, 6.07) is 1.06. The molecule has 2 aliphatic heterocycles. The maximum atomic E-state index is 16.7. The molecule has 0 bridgehead atoms. The third-order valence-electron chi connectivity index (χ3n) is 8.19. The number of amides is 1. The molecule has 236 valence electrons. The number of alkyl halides is 3. The van der Waals surface area contributed by atoms with Crippen LogP contribution in [0.3, 0.4) is 0 Å². The highest BCUT2D eigenvalue weighted by atomic mass is 19.4. The number of anilines is 2. The summed E-state index contributed by atoms with van der Waals surface area (Å²) in [5.41, 5.74) is 0.112. The van der Waals surface area contributed by atoms with Crippen LogP contribution in [0, 0.1) is 11.6 Å². The number of benzene rings is 1. The number of piperazine rings is 1. The number of primary amides is 1. The Hall–Kier alpha value is -4.11. The largest absolute Gasteiger partial charge is 0.417 e. The van der Waals surface area contributed by atoms with Crippen LogP contribution < -0.4 is 21.1 Å². The van der Waals surface area contributed by atoms with Crippen molar-refractivity contribution in [3.8, 4) is 16.8 Å². The molecule has 2 fully saturated rings. The monoisotopic (exact) mass is 621 g/mol. The van der Waals surface area contributed by atoms with Gasteiger partial charge < -0.3 is 20.3 Å². The number of rotatable bonds is 5. The van der Waals surface area contributed by atoms with Crippen LogP contribution in [0.25, 0.3) is 16.8 Å². The van der Waals surface area contributed by atoms with Gasteiger partial charge in [0, 0.05) is 74.5 Å². The molecule has 2 aliphatic rings. The lowest BCUT2D eigenvalue weighted by atomic mass is 10.0. The smallest absolute Gasteiger partial charge is 0.375 e. The first-order valence-corrected chi connectivity index (χ1v) is 14.0. The Kier molecular flexibility index (Phi) is 8.37. The van der Waals surface area contributed by atoms with Crippen molar-refractivity contribution in [1.29, 1.82) is 0 Å². The van der Waals surface area contributed by atoms with Crippen molar-refractivity contribution in [3.63, 3.8) is 0 Å². The molecular formula is C29H32F5N7O3. The number of nitrogens with zero attached hydrogens (tertiary/aromatic N) is 6. The van der Waals surface area contributed by atoms with E-state index < -0.39 is 51.7 Å². The van der Waals surface area contributed by atoms with Gasteiger partial charge in [0.1, 0.15) is 11.5 Å². The topological polar surface area (TPSA) is 110 Å². The minimum Gasteiger partial charge on any atom is -0.375 e. The van der Waals surface area contributed by atoms with Gasteiger partial charge in [0.05, 0.1) is 35.1 Å². The highest BCUT2D eigenvalue weighted by Gasteiger charge is 2.37. The quantitative estimate of drug-likeness (QED) is 0.432. The molecule has 4 heterocycles. The molecule has 2 N–H and O–H groups in total. The van der Waals surface area contributed by atoms with Crippen LogP contribution in [0.5, 0.6) is 0 Å². The maximum absolute atomic E-state index is 16.7. The van der Waals surface area contributed by atoms with Crippen LogP contribution in [0.4, 0.5) is 33.6 Å². The number of hydrogen-bond acceptors (Lipinski definition) is 8. The average Bonchev–Trinajstić information content (AvgIpc) is 2.95. The van der Waals surface area contributed by atoms with Gasteiger partial charge >= 0.3 is 6.18 Å². The normalized spacial score (nSPS) is 21.5. The Morgan fingerprint density at radius 1 is 1.02 bits per heavy atom. The van der Waals surface area contributed by atoms with Gasteiger partial charge in [-0.3, -0.25) is 19.1 Å². The number of carbonyl (C=O) groups excluding carboxylic acids is 1. The van der Waals surface area contributed by atoms with Crippen molar-refractivity contribution in [1.82, 2.24) is 19.4 Å². The molecule has 0 saturated carbocycles. The summed E-state index contributed by atoms with van der Waals surface area (Å²) in [7, 11) is 1.90. The molecule has 1 aromatic carbocycles. The van der Waals surface area contributed by atoms with Crippen LogP contribution >= 0.6 is 0 Å². The molecule has 2 saturated heterocycles. The van der Waals surface area contributed by atoms with E-state index in [0.29, 0.717) is 49.5 Å². The van der Waals surface area contributed by atoms with Gasteiger partial charge in [0.25, 0.3) is 11.5 Å². The Morgan fingerprint density at radius 3 is 2.23 bits per heavy atom.